The third-order valence-electron chi connectivity index (χ3n) is 4.55. The quantitative estimate of drug-likeness (QED) is 0.836. The Kier molecular flexibility index (Phi) is 5.93. The molecule has 0 radical (unpaired) electrons. The van der Waals surface area contributed by atoms with E-state index >= 15 is 0 Å². The summed E-state index contributed by atoms with van der Waals surface area (Å²) in [5.74, 6) is 0.779. The van der Waals surface area contributed by atoms with Crippen molar-refractivity contribution in [2.24, 2.45) is 0 Å². The van der Waals surface area contributed by atoms with Crippen molar-refractivity contribution in [1.29, 1.82) is 0 Å². The van der Waals surface area contributed by atoms with Crippen LogP contribution in [0.25, 0.3) is 0 Å². The summed E-state index contributed by atoms with van der Waals surface area (Å²) in [6.07, 6.45) is 0. The van der Waals surface area contributed by atoms with Crippen LogP contribution in [0.15, 0.2) is 24.3 Å². The molecule has 0 aliphatic carbocycles. The van der Waals surface area contributed by atoms with Crippen LogP contribution in [0.1, 0.15) is 27.7 Å². The van der Waals surface area contributed by atoms with Gasteiger partial charge in [-0.15, -0.1) is 0 Å². The van der Waals surface area contributed by atoms with Crippen molar-refractivity contribution in [2.45, 2.75) is 33.2 Å². The fraction of sp³-hybridized carbons (Fsp3) is 0.579. The first kappa shape index (κ1) is 19.1. The second-order valence-corrected chi connectivity index (χ2v) is 7.34. The Bertz CT molecular complexity index is 599. The molecule has 0 atom stereocenters. The molecule has 0 N–H and O–H groups in total. The van der Waals surface area contributed by atoms with Crippen LogP contribution in [-0.2, 0) is 9.59 Å². The van der Waals surface area contributed by atoms with E-state index in [2.05, 4.69) is 4.90 Å². The number of amides is 2. The molecule has 2 amide bonds. The number of anilines is 1. The number of hydrogen-bond acceptors (Lipinski definition) is 4. The van der Waals surface area contributed by atoms with Crippen molar-refractivity contribution in [3.8, 4) is 5.75 Å². The van der Waals surface area contributed by atoms with Crippen molar-refractivity contribution >= 4 is 17.5 Å². The highest BCUT2D eigenvalue weighted by Gasteiger charge is 2.29. The number of carbonyl (C=O) groups excluding carboxylic acids is 2. The standard InChI is InChI=1S/C19H29N3O3/c1-15(23)22(19(2,3)4)14-18(24)21-12-10-20(11-13-21)16-6-8-17(25-5)9-7-16/h6-9H,10-14H2,1-5H3. The van der Waals surface area contributed by atoms with Gasteiger partial charge in [0.05, 0.1) is 7.11 Å². The van der Waals surface area contributed by atoms with Crippen molar-refractivity contribution in [1.82, 2.24) is 9.80 Å². The fourth-order valence-corrected chi connectivity index (χ4v) is 3.06. The molecule has 1 heterocycles. The first-order valence-electron chi connectivity index (χ1n) is 8.67. The maximum Gasteiger partial charge on any atom is 0.242 e. The van der Waals surface area contributed by atoms with Gasteiger partial charge in [0, 0.05) is 44.3 Å². The minimum absolute atomic E-state index is 0.0134. The molecule has 0 aromatic heterocycles. The van der Waals surface area contributed by atoms with E-state index in [0.717, 1.165) is 24.5 Å². The summed E-state index contributed by atoms with van der Waals surface area (Å²) in [5.41, 5.74) is 0.778. The Morgan fingerprint density at radius 1 is 1.08 bits per heavy atom. The summed E-state index contributed by atoms with van der Waals surface area (Å²) >= 11 is 0. The second-order valence-electron chi connectivity index (χ2n) is 7.34. The number of piperazine rings is 1. The molecule has 138 valence electrons. The Morgan fingerprint density at radius 3 is 2.08 bits per heavy atom. The predicted molar refractivity (Wildman–Crippen MR) is 98.9 cm³/mol. The normalized spacial score (nSPS) is 15.1. The van der Waals surface area contributed by atoms with Gasteiger partial charge >= 0.3 is 0 Å². The summed E-state index contributed by atoms with van der Waals surface area (Å²) < 4.78 is 5.19. The van der Waals surface area contributed by atoms with Gasteiger partial charge in [0.1, 0.15) is 12.3 Å². The SMILES string of the molecule is COc1ccc(N2CCN(C(=O)CN(C(C)=O)C(C)(C)C)CC2)cc1. The molecule has 25 heavy (non-hydrogen) atoms. The fourth-order valence-electron chi connectivity index (χ4n) is 3.06. The van der Waals surface area contributed by atoms with Gasteiger partial charge in [-0.1, -0.05) is 0 Å². The lowest BCUT2D eigenvalue weighted by molar-refractivity contribution is -0.143. The monoisotopic (exact) mass is 347 g/mol. The Labute approximate surface area is 150 Å². The minimum atomic E-state index is -0.355. The molecular formula is C19H29N3O3. The number of benzene rings is 1. The maximum atomic E-state index is 12.6. The molecule has 0 spiro atoms. The first-order valence-corrected chi connectivity index (χ1v) is 8.67. The summed E-state index contributed by atoms with van der Waals surface area (Å²) in [5, 5.41) is 0. The van der Waals surface area contributed by atoms with Crippen LogP contribution in [0, 0.1) is 0 Å². The molecule has 2 rings (SSSR count). The highest BCUT2D eigenvalue weighted by molar-refractivity contribution is 5.84. The van der Waals surface area contributed by atoms with Crippen molar-refractivity contribution < 1.29 is 14.3 Å². The molecule has 1 fully saturated rings. The third-order valence-corrected chi connectivity index (χ3v) is 4.55. The van der Waals surface area contributed by atoms with Crippen LogP contribution in [-0.4, -0.2) is 67.0 Å². The van der Waals surface area contributed by atoms with Gasteiger partial charge in [0.2, 0.25) is 11.8 Å². The summed E-state index contributed by atoms with van der Waals surface area (Å²) in [6.45, 7) is 10.4. The second kappa shape index (κ2) is 7.76. The van der Waals surface area contributed by atoms with Crippen molar-refractivity contribution in [2.75, 3.05) is 44.7 Å². The maximum absolute atomic E-state index is 12.6. The highest BCUT2D eigenvalue weighted by Crippen LogP contribution is 2.21. The van der Waals surface area contributed by atoms with Gasteiger partial charge in [-0.3, -0.25) is 9.59 Å². The number of rotatable bonds is 4. The molecule has 1 saturated heterocycles. The Balaban J connectivity index is 1.92. The predicted octanol–water partition coefficient (Wildman–Crippen LogP) is 1.99. The number of hydrogen-bond donors (Lipinski definition) is 0. The van der Waals surface area contributed by atoms with Crippen molar-refractivity contribution in [3.05, 3.63) is 24.3 Å². The van der Waals surface area contributed by atoms with E-state index in [1.807, 2.05) is 49.9 Å². The van der Waals surface area contributed by atoms with E-state index in [4.69, 9.17) is 4.74 Å². The molecule has 6 heteroatoms. The zero-order chi connectivity index (χ0) is 18.6. The molecule has 0 unspecified atom stereocenters. The largest absolute Gasteiger partial charge is 0.497 e. The summed E-state index contributed by atoms with van der Waals surface area (Å²) in [6, 6.07) is 7.96. The van der Waals surface area contributed by atoms with Crippen LogP contribution in [0.3, 0.4) is 0 Å². The van der Waals surface area contributed by atoms with E-state index in [0.29, 0.717) is 13.1 Å². The average Bonchev–Trinajstić information content (AvgIpc) is 2.58. The van der Waals surface area contributed by atoms with E-state index in [9.17, 15) is 9.59 Å². The van der Waals surface area contributed by atoms with Crippen LogP contribution in [0.4, 0.5) is 5.69 Å². The number of methoxy groups -OCH3 is 1. The van der Waals surface area contributed by atoms with Gasteiger partial charge in [-0.2, -0.15) is 0 Å². The van der Waals surface area contributed by atoms with E-state index in [1.165, 1.54) is 6.92 Å². The zero-order valence-electron chi connectivity index (χ0n) is 15.9. The van der Waals surface area contributed by atoms with Crippen LogP contribution < -0.4 is 9.64 Å². The number of carbonyl (C=O) groups is 2. The molecule has 6 nitrogen and oxygen atoms in total. The first-order chi connectivity index (χ1) is 11.7. The number of nitrogens with zero attached hydrogens (tertiary/aromatic N) is 3. The van der Waals surface area contributed by atoms with E-state index in [1.54, 1.807) is 12.0 Å². The lowest BCUT2D eigenvalue weighted by Crippen LogP contribution is -2.54. The summed E-state index contributed by atoms with van der Waals surface area (Å²) in [7, 11) is 1.65. The smallest absolute Gasteiger partial charge is 0.242 e. The molecule has 0 bridgehead atoms. The lowest BCUT2D eigenvalue weighted by Gasteiger charge is -2.39. The topological polar surface area (TPSA) is 53.1 Å². The molecule has 1 aromatic rings. The van der Waals surface area contributed by atoms with Crippen LogP contribution >= 0.6 is 0 Å². The van der Waals surface area contributed by atoms with Gasteiger partial charge in [-0.05, 0) is 45.0 Å². The van der Waals surface area contributed by atoms with Gasteiger partial charge < -0.3 is 19.4 Å². The third kappa shape index (κ3) is 4.87. The molecule has 1 aromatic carbocycles. The summed E-state index contributed by atoms with van der Waals surface area (Å²) in [4.78, 5) is 30.2. The number of ether oxygens (including phenoxy) is 1. The van der Waals surface area contributed by atoms with Gasteiger partial charge in [0.15, 0.2) is 0 Å². The molecule has 1 aliphatic heterocycles. The van der Waals surface area contributed by atoms with E-state index < -0.39 is 0 Å². The minimum Gasteiger partial charge on any atom is -0.497 e. The Hall–Kier alpha value is -2.24. The van der Waals surface area contributed by atoms with Gasteiger partial charge in [-0.25, -0.2) is 0 Å². The molecule has 1 aliphatic rings. The highest BCUT2D eigenvalue weighted by atomic mass is 16.5. The lowest BCUT2D eigenvalue weighted by atomic mass is 10.1. The van der Waals surface area contributed by atoms with Crippen LogP contribution in [0.2, 0.25) is 0 Å². The zero-order valence-corrected chi connectivity index (χ0v) is 15.9. The average molecular weight is 347 g/mol. The van der Waals surface area contributed by atoms with Gasteiger partial charge in [0.25, 0.3) is 0 Å². The van der Waals surface area contributed by atoms with Crippen molar-refractivity contribution in [3.63, 3.8) is 0 Å². The Morgan fingerprint density at radius 2 is 1.64 bits per heavy atom. The molecule has 0 saturated carbocycles. The van der Waals surface area contributed by atoms with Crippen LogP contribution in [0.5, 0.6) is 5.75 Å². The molecular weight excluding hydrogens is 318 g/mol. The van der Waals surface area contributed by atoms with E-state index in [-0.39, 0.29) is 23.9 Å².